The lowest BCUT2D eigenvalue weighted by Crippen LogP contribution is -2.01. The van der Waals surface area contributed by atoms with Gasteiger partial charge in [-0.25, -0.2) is 0 Å². The Hall–Kier alpha value is -4.95. The van der Waals surface area contributed by atoms with Crippen molar-refractivity contribution < 1.29 is 9.53 Å². The van der Waals surface area contributed by atoms with Gasteiger partial charge in [0.25, 0.3) is 0 Å². The summed E-state index contributed by atoms with van der Waals surface area (Å²) in [7, 11) is 0. The Morgan fingerprint density at radius 3 is 1.08 bits per heavy atom. The van der Waals surface area contributed by atoms with Crippen molar-refractivity contribution in [2.75, 3.05) is 0 Å². The highest BCUT2D eigenvalue weighted by atomic mass is 16.5. The molecule has 0 aliphatic heterocycles. The number of ketones is 1. The molecule has 2 heteroatoms. The molecule has 176 valence electrons. The highest BCUT2D eigenvalue weighted by Crippen LogP contribution is 2.49. The predicted octanol–water partition coefficient (Wildman–Crippen LogP) is 8.58. The second-order valence-corrected chi connectivity index (χ2v) is 8.87. The maximum atomic E-state index is 14.2. The van der Waals surface area contributed by atoms with Gasteiger partial charge in [-0.15, -0.1) is 0 Å². The molecule has 5 aromatic rings. The highest BCUT2D eigenvalue weighted by molar-refractivity contribution is 6.59. The molecule has 37 heavy (non-hydrogen) atoms. The SMILES string of the molecule is O=C1C(c2ccccc2)=C(c2ccccc2)C(c2ccc(Oc3ccccc3)cc2)=C1c1ccccc1. The van der Waals surface area contributed by atoms with Gasteiger partial charge in [0, 0.05) is 22.3 Å². The zero-order valence-electron chi connectivity index (χ0n) is 20.2. The van der Waals surface area contributed by atoms with E-state index in [2.05, 4.69) is 12.1 Å². The van der Waals surface area contributed by atoms with Crippen LogP contribution in [0.2, 0.25) is 0 Å². The third-order valence-electron chi connectivity index (χ3n) is 6.51. The third kappa shape index (κ3) is 4.41. The summed E-state index contributed by atoms with van der Waals surface area (Å²) in [4.78, 5) is 14.2. The summed E-state index contributed by atoms with van der Waals surface area (Å²) in [5.74, 6) is 1.57. The van der Waals surface area contributed by atoms with E-state index >= 15 is 0 Å². The molecule has 2 nitrogen and oxygen atoms in total. The summed E-state index contributed by atoms with van der Waals surface area (Å²) in [5, 5.41) is 0. The number of ether oxygens (including phenoxy) is 1. The van der Waals surface area contributed by atoms with Crippen LogP contribution in [0.25, 0.3) is 22.3 Å². The molecule has 0 heterocycles. The summed E-state index contributed by atoms with van der Waals surface area (Å²) < 4.78 is 6.04. The van der Waals surface area contributed by atoms with Crippen molar-refractivity contribution in [2.24, 2.45) is 0 Å². The lowest BCUT2D eigenvalue weighted by atomic mass is 9.89. The number of hydrogen-bond acceptors (Lipinski definition) is 2. The molecule has 1 aliphatic rings. The smallest absolute Gasteiger partial charge is 0.195 e. The minimum Gasteiger partial charge on any atom is -0.457 e. The first kappa shape index (κ1) is 22.5. The monoisotopic (exact) mass is 476 g/mol. The molecule has 0 aromatic heterocycles. The molecular formula is C35H24O2. The maximum Gasteiger partial charge on any atom is 0.195 e. The molecule has 0 bridgehead atoms. The van der Waals surface area contributed by atoms with E-state index in [0.717, 1.165) is 56.0 Å². The number of rotatable bonds is 6. The number of carbonyl (C=O) groups is 1. The van der Waals surface area contributed by atoms with Crippen LogP contribution in [0.5, 0.6) is 11.5 Å². The Labute approximate surface area is 216 Å². The van der Waals surface area contributed by atoms with Crippen molar-refractivity contribution in [3.8, 4) is 11.5 Å². The quantitative estimate of drug-likeness (QED) is 0.245. The van der Waals surface area contributed by atoms with E-state index < -0.39 is 0 Å². The Morgan fingerprint density at radius 1 is 0.324 bits per heavy atom. The number of carbonyl (C=O) groups excluding carboxylic acids is 1. The molecule has 0 spiro atoms. The van der Waals surface area contributed by atoms with E-state index in [9.17, 15) is 4.79 Å². The van der Waals surface area contributed by atoms with Crippen LogP contribution in [-0.2, 0) is 4.79 Å². The van der Waals surface area contributed by atoms with E-state index in [4.69, 9.17) is 4.74 Å². The lowest BCUT2D eigenvalue weighted by molar-refractivity contribution is -0.108. The van der Waals surface area contributed by atoms with Crippen molar-refractivity contribution in [1.82, 2.24) is 0 Å². The average molecular weight is 477 g/mol. The molecule has 0 fully saturated rings. The van der Waals surface area contributed by atoms with Gasteiger partial charge in [0.05, 0.1) is 0 Å². The summed E-state index contributed by atoms with van der Waals surface area (Å²) >= 11 is 0. The first-order valence-corrected chi connectivity index (χ1v) is 12.3. The Balaban J connectivity index is 1.56. The molecule has 0 radical (unpaired) electrons. The van der Waals surface area contributed by atoms with E-state index in [0.29, 0.717) is 0 Å². The van der Waals surface area contributed by atoms with Gasteiger partial charge < -0.3 is 4.74 Å². The van der Waals surface area contributed by atoms with Gasteiger partial charge in [0.15, 0.2) is 5.78 Å². The molecule has 0 unspecified atom stereocenters. The number of para-hydroxylation sites is 1. The molecule has 0 atom stereocenters. The first-order valence-electron chi connectivity index (χ1n) is 12.3. The van der Waals surface area contributed by atoms with Gasteiger partial charge in [-0.1, -0.05) is 121 Å². The minimum atomic E-state index is 0.0378. The van der Waals surface area contributed by atoms with Crippen molar-refractivity contribution in [3.05, 3.63) is 168 Å². The third-order valence-corrected chi connectivity index (χ3v) is 6.51. The predicted molar refractivity (Wildman–Crippen MR) is 151 cm³/mol. The van der Waals surface area contributed by atoms with Gasteiger partial charge in [-0.05, 0) is 46.5 Å². The second-order valence-electron chi connectivity index (χ2n) is 8.87. The van der Waals surface area contributed by atoms with Crippen LogP contribution in [-0.4, -0.2) is 5.78 Å². The maximum absolute atomic E-state index is 14.2. The first-order chi connectivity index (χ1) is 18.3. The van der Waals surface area contributed by atoms with Crippen LogP contribution in [0.4, 0.5) is 0 Å². The van der Waals surface area contributed by atoms with Gasteiger partial charge >= 0.3 is 0 Å². The van der Waals surface area contributed by atoms with Crippen molar-refractivity contribution in [3.63, 3.8) is 0 Å². The topological polar surface area (TPSA) is 26.3 Å². The molecule has 0 saturated heterocycles. The largest absolute Gasteiger partial charge is 0.457 e. The Kier molecular flexibility index (Phi) is 6.06. The summed E-state index contributed by atoms with van der Waals surface area (Å²) in [5.41, 5.74) is 7.14. The summed E-state index contributed by atoms with van der Waals surface area (Å²) in [6.07, 6.45) is 0. The zero-order valence-corrected chi connectivity index (χ0v) is 20.2. The molecule has 0 amide bonds. The molecule has 1 aliphatic carbocycles. The molecule has 5 aromatic carbocycles. The zero-order chi connectivity index (χ0) is 25.0. The van der Waals surface area contributed by atoms with Crippen molar-refractivity contribution >= 4 is 28.1 Å². The van der Waals surface area contributed by atoms with Crippen LogP contribution in [0, 0.1) is 0 Å². The fourth-order valence-electron chi connectivity index (χ4n) is 4.86. The van der Waals surface area contributed by atoms with Crippen LogP contribution in [0.15, 0.2) is 146 Å². The number of allylic oxidation sites excluding steroid dienone is 4. The van der Waals surface area contributed by atoms with E-state index in [1.807, 2.05) is 133 Å². The van der Waals surface area contributed by atoms with Crippen molar-refractivity contribution in [1.29, 1.82) is 0 Å². The van der Waals surface area contributed by atoms with E-state index in [1.165, 1.54) is 0 Å². The van der Waals surface area contributed by atoms with E-state index in [1.54, 1.807) is 0 Å². The van der Waals surface area contributed by atoms with Crippen molar-refractivity contribution in [2.45, 2.75) is 0 Å². The fourth-order valence-corrected chi connectivity index (χ4v) is 4.86. The van der Waals surface area contributed by atoms with E-state index in [-0.39, 0.29) is 5.78 Å². The van der Waals surface area contributed by atoms with Crippen LogP contribution < -0.4 is 4.74 Å². The standard InChI is InChI=1S/C35H24O2/c36-35-33(26-15-7-2-8-16-26)31(25-13-5-1-6-14-25)32(34(35)27-17-9-3-10-18-27)28-21-23-30(24-22-28)37-29-19-11-4-12-20-29/h1-24H. The summed E-state index contributed by atoms with van der Waals surface area (Å²) in [6.45, 7) is 0. The van der Waals surface area contributed by atoms with Crippen LogP contribution >= 0.6 is 0 Å². The Bertz CT molecular complexity index is 1600. The molecule has 0 saturated carbocycles. The lowest BCUT2D eigenvalue weighted by Gasteiger charge is -2.14. The molecular weight excluding hydrogens is 452 g/mol. The number of Topliss-reactive ketones (excluding diaryl/α,β-unsaturated/α-hetero) is 1. The van der Waals surface area contributed by atoms with Gasteiger partial charge in [0.1, 0.15) is 11.5 Å². The van der Waals surface area contributed by atoms with Crippen LogP contribution in [0.1, 0.15) is 22.3 Å². The number of hydrogen-bond donors (Lipinski definition) is 0. The normalized spacial score (nSPS) is 13.2. The number of benzene rings is 5. The average Bonchev–Trinajstić information content (AvgIpc) is 3.28. The molecule has 0 N–H and O–H groups in total. The minimum absolute atomic E-state index is 0.0378. The molecule has 6 rings (SSSR count). The fraction of sp³-hybridized carbons (Fsp3) is 0. The summed E-state index contributed by atoms with van der Waals surface area (Å²) in [6, 6.07) is 47.8. The highest BCUT2D eigenvalue weighted by Gasteiger charge is 2.35. The van der Waals surface area contributed by atoms with Crippen LogP contribution in [0.3, 0.4) is 0 Å². The van der Waals surface area contributed by atoms with Gasteiger partial charge in [-0.3, -0.25) is 4.79 Å². The van der Waals surface area contributed by atoms with Gasteiger partial charge in [0.2, 0.25) is 0 Å². The van der Waals surface area contributed by atoms with Gasteiger partial charge in [-0.2, -0.15) is 0 Å². The Morgan fingerprint density at radius 2 is 0.649 bits per heavy atom. The second kappa shape index (κ2) is 9.96.